The van der Waals surface area contributed by atoms with Gasteiger partial charge in [-0.1, -0.05) is 18.2 Å². The lowest BCUT2D eigenvalue weighted by Crippen LogP contribution is -2.36. The summed E-state index contributed by atoms with van der Waals surface area (Å²) in [7, 11) is 2.25. The van der Waals surface area contributed by atoms with E-state index in [9.17, 15) is 0 Å². The Morgan fingerprint density at radius 2 is 1.91 bits per heavy atom. The second-order valence-electron chi connectivity index (χ2n) is 6.76. The molecule has 22 heavy (non-hydrogen) atoms. The lowest BCUT2D eigenvalue weighted by molar-refractivity contribution is 0.0408. The highest BCUT2D eigenvalue weighted by atomic mass is 16.5. The van der Waals surface area contributed by atoms with Crippen LogP contribution in [0.1, 0.15) is 42.9 Å². The molecular weight excluding hydrogens is 272 g/mol. The van der Waals surface area contributed by atoms with E-state index in [-0.39, 0.29) is 0 Å². The van der Waals surface area contributed by atoms with Crippen molar-refractivity contribution in [3.63, 3.8) is 0 Å². The van der Waals surface area contributed by atoms with Gasteiger partial charge in [0.05, 0.1) is 5.52 Å². The van der Waals surface area contributed by atoms with Gasteiger partial charge in [0.15, 0.2) is 0 Å². The second-order valence-corrected chi connectivity index (χ2v) is 6.76. The Balaban J connectivity index is 1.64. The van der Waals surface area contributed by atoms with Gasteiger partial charge in [0.2, 0.25) is 0 Å². The van der Waals surface area contributed by atoms with Gasteiger partial charge in [0.25, 0.3) is 0 Å². The van der Waals surface area contributed by atoms with Crippen LogP contribution in [0.3, 0.4) is 0 Å². The minimum atomic E-state index is 0.644. The Morgan fingerprint density at radius 3 is 2.68 bits per heavy atom. The van der Waals surface area contributed by atoms with Crippen LogP contribution in [-0.4, -0.2) is 36.2 Å². The van der Waals surface area contributed by atoms with Gasteiger partial charge in [-0.2, -0.15) is 0 Å². The van der Waals surface area contributed by atoms with Gasteiger partial charge in [-0.25, -0.2) is 0 Å². The van der Waals surface area contributed by atoms with Crippen molar-refractivity contribution in [1.29, 1.82) is 0 Å². The summed E-state index contributed by atoms with van der Waals surface area (Å²) < 4.78 is 5.49. The zero-order chi connectivity index (χ0) is 14.9. The van der Waals surface area contributed by atoms with Gasteiger partial charge in [0, 0.05) is 42.8 Å². The summed E-state index contributed by atoms with van der Waals surface area (Å²) in [5.74, 6) is 0.705. The van der Waals surface area contributed by atoms with Gasteiger partial charge in [-0.15, -0.1) is 0 Å². The topological polar surface area (TPSA) is 25.4 Å². The maximum absolute atomic E-state index is 5.49. The SMILES string of the molecule is CN(Cc1cc(C2CC2)nc2ccccc12)C1CCOCC1. The quantitative estimate of drug-likeness (QED) is 0.860. The van der Waals surface area contributed by atoms with Gasteiger partial charge in [-0.3, -0.25) is 9.88 Å². The van der Waals surface area contributed by atoms with Crippen LogP contribution in [0.5, 0.6) is 0 Å². The fourth-order valence-electron chi connectivity index (χ4n) is 3.51. The molecule has 0 unspecified atom stereocenters. The Labute approximate surface area is 132 Å². The van der Waals surface area contributed by atoms with Crippen LogP contribution in [0.4, 0.5) is 0 Å². The molecule has 2 heterocycles. The summed E-state index contributed by atoms with van der Waals surface area (Å²) in [4.78, 5) is 7.38. The average molecular weight is 296 g/mol. The standard InChI is InChI=1S/C19H24N2O/c1-21(16-8-10-22-11-9-16)13-15-12-19(14-6-7-14)20-18-5-3-2-4-17(15)18/h2-5,12,14,16H,6-11,13H2,1H3. The normalized spacial score (nSPS) is 19.9. The van der Waals surface area contributed by atoms with Crippen molar-refractivity contribution in [3.8, 4) is 0 Å². The van der Waals surface area contributed by atoms with E-state index in [2.05, 4.69) is 42.3 Å². The van der Waals surface area contributed by atoms with Crippen LogP contribution in [-0.2, 0) is 11.3 Å². The van der Waals surface area contributed by atoms with E-state index in [0.717, 1.165) is 38.1 Å². The molecule has 0 radical (unpaired) electrons. The number of ether oxygens (including phenoxy) is 1. The Hall–Kier alpha value is -1.45. The van der Waals surface area contributed by atoms with Crippen molar-refractivity contribution in [3.05, 3.63) is 41.6 Å². The molecule has 1 aromatic carbocycles. The summed E-state index contributed by atoms with van der Waals surface area (Å²) in [6, 6.07) is 11.6. The highest BCUT2D eigenvalue weighted by molar-refractivity contribution is 5.82. The second kappa shape index (κ2) is 5.98. The maximum Gasteiger partial charge on any atom is 0.0708 e. The summed E-state index contributed by atoms with van der Waals surface area (Å²) in [5, 5.41) is 1.31. The molecule has 0 spiro atoms. The van der Waals surface area contributed by atoms with Crippen LogP contribution >= 0.6 is 0 Å². The largest absolute Gasteiger partial charge is 0.381 e. The van der Waals surface area contributed by atoms with Gasteiger partial charge in [-0.05, 0) is 50.4 Å². The monoisotopic (exact) mass is 296 g/mol. The summed E-state index contributed by atoms with van der Waals surface area (Å²) in [6.45, 7) is 2.81. The number of hydrogen-bond acceptors (Lipinski definition) is 3. The molecular formula is C19H24N2O. The molecule has 1 aliphatic heterocycles. The first kappa shape index (κ1) is 14.2. The van der Waals surface area contributed by atoms with Crippen molar-refractivity contribution in [2.24, 2.45) is 0 Å². The first-order valence-corrected chi connectivity index (χ1v) is 8.48. The van der Waals surface area contributed by atoms with E-state index in [1.165, 1.54) is 29.5 Å². The van der Waals surface area contributed by atoms with E-state index < -0.39 is 0 Å². The molecule has 2 fully saturated rings. The molecule has 0 N–H and O–H groups in total. The predicted molar refractivity (Wildman–Crippen MR) is 89.0 cm³/mol. The number of rotatable bonds is 4. The molecule has 1 saturated heterocycles. The van der Waals surface area contributed by atoms with Gasteiger partial charge in [0.1, 0.15) is 0 Å². The van der Waals surface area contributed by atoms with Crippen LogP contribution < -0.4 is 0 Å². The van der Waals surface area contributed by atoms with Gasteiger partial charge < -0.3 is 4.74 Å². The highest BCUT2D eigenvalue weighted by Crippen LogP contribution is 2.40. The van der Waals surface area contributed by atoms with E-state index in [1.54, 1.807) is 0 Å². The molecule has 3 nitrogen and oxygen atoms in total. The molecule has 2 aromatic rings. The van der Waals surface area contributed by atoms with E-state index >= 15 is 0 Å². The van der Waals surface area contributed by atoms with Crippen molar-refractivity contribution in [2.45, 2.75) is 44.2 Å². The third-order valence-corrected chi connectivity index (χ3v) is 5.05. The third-order valence-electron chi connectivity index (χ3n) is 5.05. The molecule has 1 aromatic heterocycles. The van der Waals surface area contributed by atoms with Crippen molar-refractivity contribution >= 4 is 10.9 Å². The zero-order valence-electron chi connectivity index (χ0n) is 13.3. The fraction of sp³-hybridized carbons (Fsp3) is 0.526. The number of hydrogen-bond donors (Lipinski definition) is 0. The van der Waals surface area contributed by atoms with Crippen LogP contribution in [0.2, 0.25) is 0 Å². The minimum absolute atomic E-state index is 0.644. The number of fused-ring (bicyclic) bond motifs is 1. The van der Waals surface area contributed by atoms with E-state index in [4.69, 9.17) is 9.72 Å². The van der Waals surface area contributed by atoms with Crippen molar-refractivity contribution < 1.29 is 4.74 Å². The molecule has 2 aliphatic rings. The minimum Gasteiger partial charge on any atom is -0.381 e. The molecule has 116 valence electrons. The lowest BCUT2D eigenvalue weighted by atomic mass is 10.0. The lowest BCUT2D eigenvalue weighted by Gasteiger charge is -2.31. The maximum atomic E-state index is 5.49. The molecule has 1 saturated carbocycles. The van der Waals surface area contributed by atoms with Crippen molar-refractivity contribution in [2.75, 3.05) is 20.3 Å². The highest BCUT2D eigenvalue weighted by Gasteiger charge is 2.26. The molecule has 1 aliphatic carbocycles. The Morgan fingerprint density at radius 1 is 1.14 bits per heavy atom. The number of benzene rings is 1. The van der Waals surface area contributed by atoms with Gasteiger partial charge >= 0.3 is 0 Å². The number of para-hydroxylation sites is 1. The van der Waals surface area contributed by atoms with Crippen molar-refractivity contribution in [1.82, 2.24) is 9.88 Å². The van der Waals surface area contributed by atoms with Crippen LogP contribution in [0.25, 0.3) is 10.9 Å². The molecule has 0 amide bonds. The zero-order valence-corrected chi connectivity index (χ0v) is 13.3. The Kier molecular flexibility index (Phi) is 3.85. The summed E-state index contributed by atoms with van der Waals surface area (Å²) in [6.07, 6.45) is 4.91. The Bertz CT molecular complexity index is 660. The first-order chi connectivity index (χ1) is 10.8. The van der Waals surface area contributed by atoms with E-state index in [0.29, 0.717) is 12.0 Å². The molecule has 3 heteroatoms. The van der Waals surface area contributed by atoms with E-state index in [1.807, 2.05) is 0 Å². The van der Waals surface area contributed by atoms with Crippen LogP contribution in [0, 0.1) is 0 Å². The smallest absolute Gasteiger partial charge is 0.0708 e. The molecule has 0 atom stereocenters. The fourth-order valence-corrected chi connectivity index (χ4v) is 3.51. The van der Waals surface area contributed by atoms with Crippen LogP contribution in [0.15, 0.2) is 30.3 Å². The average Bonchev–Trinajstić information content (AvgIpc) is 3.40. The number of aromatic nitrogens is 1. The summed E-state index contributed by atoms with van der Waals surface area (Å²) in [5.41, 5.74) is 3.89. The molecule has 0 bridgehead atoms. The molecule has 4 rings (SSSR count). The first-order valence-electron chi connectivity index (χ1n) is 8.48. The number of pyridine rings is 1. The third kappa shape index (κ3) is 2.88. The predicted octanol–water partition coefficient (Wildman–Crippen LogP) is 3.72. The summed E-state index contributed by atoms with van der Waals surface area (Å²) >= 11 is 0. The number of nitrogens with zero attached hydrogens (tertiary/aromatic N) is 2.